The van der Waals surface area contributed by atoms with Crippen LogP contribution in [0.15, 0.2) is 24.3 Å². The van der Waals surface area contributed by atoms with Gasteiger partial charge in [0.05, 0.1) is 5.02 Å². The zero-order valence-corrected chi connectivity index (χ0v) is 8.18. The third-order valence-electron chi connectivity index (χ3n) is 1.70. The highest BCUT2D eigenvalue weighted by Crippen LogP contribution is 2.26. The smallest absolute Gasteiger partial charge is 0.328 e. The third-order valence-corrected chi connectivity index (χ3v) is 2.01. The van der Waals surface area contributed by atoms with E-state index in [1.165, 1.54) is 25.1 Å². The minimum atomic E-state index is -1.12. The Bertz CT molecular complexity index is 379. The second-order valence-corrected chi connectivity index (χ2v) is 3.17. The SMILES string of the molecule is C/C(=C\C(=O)O)c1c(F)cccc1Cl. The molecular weight excluding hydrogens is 207 g/mol. The second kappa shape index (κ2) is 4.24. The van der Waals surface area contributed by atoms with Crippen molar-refractivity contribution in [2.24, 2.45) is 0 Å². The molecule has 0 fully saturated rings. The summed E-state index contributed by atoms with van der Waals surface area (Å²) in [6.45, 7) is 1.50. The topological polar surface area (TPSA) is 37.3 Å². The van der Waals surface area contributed by atoms with Crippen LogP contribution in [0.3, 0.4) is 0 Å². The van der Waals surface area contributed by atoms with E-state index in [9.17, 15) is 9.18 Å². The van der Waals surface area contributed by atoms with Crippen LogP contribution in [0.5, 0.6) is 0 Å². The highest BCUT2D eigenvalue weighted by Gasteiger charge is 2.09. The molecule has 1 aromatic rings. The summed E-state index contributed by atoms with van der Waals surface area (Å²) in [6, 6.07) is 4.22. The van der Waals surface area contributed by atoms with Crippen molar-refractivity contribution in [1.29, 1.82) is 0 Å². The van der Waals surface area contributed by atoms with Crippen molar-refractivity contribution in [3.8, 4) is 0 Å². The van der Waals surface area contributed by atoms with E-state index in [4.69, 9.17) is 16.7 Å². The molecule has 0 aliphatic carbocycles. The lowest BCUT2D eigenvalue weighted by Crippen LogP contribution is -1.93. The molecule has 4 heteroatoms. The molecule has 0 aromatic heterocycles. The number of carboxylic acids is 1. The highest BCUT2D eigenvalue weighted by molar-refractivity contribution is 6.32. The van der Waals surface area contributed by atoms with Crippen LogP contribution in [0.1, 0.15) is 12.5 Å². The molecule has 0 spiro atoms. The van der Waals surface area contributed by atoms with Gasteiger partial charge in [0.1, 0.15) is 5.82 Å². The van der Waals surface area contributed by atoms with E-state index in [2.05, 4.69) is 0 Å². The van der Waals surface area contributed by atoms with Gasteiger partial charge in [0, 0.05) is 11.6 Å². The Morgan fingerprint density at radius 1 is 1.57 bits per heavy atom. The van der Waals surface area contributed by atoms with E-state index in [1.807, 2.05) is 0 Å². The first-order valence-electron chi connectivity index (χ1n) is 3.88. The van der Waals surface area contributed by atoms with Crippen LogP contribution in [0.2, 0.25) is 5.02 Å². The zero-order chi connectivity index (χ0) is 10.7. The summed E-state index contributed by atoms with van der Waals surface area (Å²) >= 11 is 5.73. The molecule has 0 aliphatic heterocycles. The van der Waals surface area contributed by atoms with Crippen LogP contribution in [0.25, 0.3) is 5.57 Å². The Labute approximate surface area is 85.6 Å². The zero-order valence-electron chi connectivity index (χ0n) is 7.42. The van der Waals surface area contributed by atoms with Gasteiger partial charge in [-0.1, -0.05) is 17.7 Å². The number of carboxylic acid groups (broad SMARTS) is 1. The van der Waals surface area contributed by atoms with Crippen LogP contribution in [0, 0.1) is 5.82 Å². The van der Waals surface area contributed by atoms with Gasteiger partial charge in [0.2, 0.25) is 0 Å². The van der Waals surface area contributed by atoms with Gasteiger partial charge in [0.25, 0.3) is 0 Å². The Morgan fingerprint density at radius 2 is 2.21 bits per heavy atom. The molecule has 0 amide bonds. The first kappa shape index (κ1) is 10.7. The molecule has 0 bridgehead atoms. The number of allylic oxidation sites excluding steroid dienone is 1. The molecule has 0 heterocycles. The lowest BCUT2D eigenvalue weighted by Gasteiger charge is -2.04. The average molecular weight is 215 g/mol. The number of rotatable bonds is 2. The number of hydrogen-bond acceptors (Lipinski definition) is 1. The maximum atomic E-state index is 13.2. The van der Waals surface area contributed by atoms with Gasteiger partial charge >= 0.3 is 5.97 Å². The number of carbonyl (C=O) groups is 1. The molecule has 0 radical (unpaired) electrons. The molecule has 0 atom stereocenters. The van der Waals surface area contributed by atoms with Crippen molar-refractivity contribution in [1.82, 2.24) is 0 Å². The summed E-state index contributed by atoms with van der Waals surface area (Å²) in [7, 11) is 0. The number of benzene rings is 1. The Morgan fingerprint density at radius 3 is 2.71 bits per heavy atom. The summed E-state index contributed by atoms with van der Waals surface area (Å²) in [5, 5.41) is 8.69. The monoisotopic (exact) mass is 214 g/mol. The molecule has 0 unspecified atom stereocenters. The van der Waals surface area contributed by atoms with Gasteiger partial charge in [-0.3, -0.25) is 0 Å². The number of aliphatic carboxylic acids is 1. The van der Waals surface area contributed by atoms with E-state index in [0.29, 0.717) is 5.57 Å². The van der Waals surface area contributed by atoms with Crippen molar-refractivity contribution in [2.75, 3.05) is 0 Å². The minimum absolute atomic E-state index is 0.136. The summed E-state index contributed by atoms with van der Waals surface area (Å²) < 4.78 is 13.2. The lowest BCUT2D eigenvalue weighted by molar-refractivity contribution is -0.131. The standard InChI is InChI=1S/C10H8ClFO2/c1-6(5-9(13)14)10-7(11)3-2-4-8(10)12/h2-5H,1H3,(H,13,14)/b6-5+. The molecule has 0 saturated carbocycles. The van der Waals surface area contributed by atoms with E-state index >= 15 is 0 Å². The summed E-state index contributed by atoms with van der Waals surface area (Å²) in [6.07, 6.45) is 0.921. The van der Waals surface area contributed by atoms with E-state index < -0.39 is 11.8 Å². The Balaban J connectivity index is 3.25. The van der Waals surface area contributed by atoms with Gasteiger partial charge in [-0.05, 0) is 24.6 Å². The summed E-state index contributed by atoms with van der Waals surface area (Å²) in [4.78, 5) is 10.4. The predicted molar refractivity (Wildman–Crippen MR) is 52.7 cm³/mol. The normalized spacial score (nSPS) is 11.5. The van der Waals surface area contributed by atoms with E-state index in [1.54, 1.807) is 0 Å². The van der Waals surface area contributed by atoms with Gasteiger partial charge in [-0.2, -0.15) is 0 Å². The fraction of sp³-hybridized carbons (Fsp3) is 0.100. The molecule has 14 heavy (non-hydrogen) atoms. The molecule has 0 aliphatic rings. The fourth-order valence-electron chi connectivity index (χ4n) is 1.13. The third kappa shape index (κ3) is 2.33. The van der Waals surface area contributed by atoms with Crippen molar-refractivity contribution in [3.63, 3.8) is 0 Å². The van der Waals surface area contributed by atoms with Crippen LogP contribution in [-0.4, -0.2) is 11.1 Å². The van der Waals surface area contributed by atoms with E-state index in [-0.39, 0.29) is 10.6 Å². The Kier molecular flexibility index (Phi) is 3.25. The average Bonchev–Trinajstić information content (AvgIpc) is 2.01. The number of hydrogen-bond donors (Lipinski definition) is 1. The lowest BCUT2D eigenvalue weighted by atomic mass is 10.1. The molecule has 1 N–H and O–H groups in total. The second-order valence-electron chi connectivity index (χ2n) is 2.76. The highest BCUT2D eigenvalue weighted by atomic mass is 35.5. The summed E-state index contributed by atoms with van der Waals surface area (Å²) in [5.41, 5.74) is 0.428. The molecule has 1 aromatic carbocycles. The van der Waals surface area contributed by atoms with Gasteiger partial charge in [0.15, 0.2) is 0 Å². The van der Waals surface area contributed by atoms with Crippen molar-refractivity contribution < 1.29 is 14.3 Å². The van der Waals surface area contributed by atoms with Crippen LogP contribution in [-0.2, 0) is 4.79 Å². The van der Waals surface area contributed by atoms with Crippen LogP contribution in [0.4, 0.5) is 4.39 Å². The maximum Gasteiger partial charge on any atom is 0.328 e. The van der Waals surface area contributed by atoms with Gasteiger partial charge < -0.3 is 5.11 Å². The molecule has 1 rings (SSSR count). The quantitative estimate of drug-likeness (QED) is 0.769. The van der Waals surface area contributed by atoms with E-state index in [0.717, 1.165) is 6.08 Å². The maximum absolute atomic E-state index is 13.2. The van der Waals surface area contributed by atoms with Crippen molar-refractivity contribution in [3.05, 3.63) is 40.7 Å². The fourth-order valence-corrected chi connectivity index (χ4v) is 1.44. The largest absolute Gasteiger partial charge is 0.478 e. The molecular formula is C10H8ClFO2. The van der Waals surface area contributed by atoms with Gasteiger partial charge in [-0.15, -0.1) is 0 Å². The number of halogens is 2. The first-order chi connectivity index (χ1) is 6.52. The predicted octanol–water partition coefficient (Wildman–Crippen LogP) is 2.97. The van der Waals surface area contributed by atoms with Crippen molar-refractivity contribution >= 4 is 23.1 Å². The van der Waals surface area contributed by atoms with Crippen LogP contribution < -0.4 is 0 Å². The minimum Gasteiger partial charge on any atom is -0.478 e. The van der Waals surface area contributed by atoms with Crippen LogP contribution >= 0.6 is 11.6 Å². The molecule has 74 valence electrons. The molecule has 2 nitrogen and oxygen atoms in total. The molecule has 0 saturated heterocycles. The summed E-state index contributed by atoms with van der Waals surface area (Å²) in [5.74, 6) is -1.64. The first-order valence-corrected chi connectivity index (χ1v) is 4.26. The van der Waals surface area contributed by atoms with Crippen molar-refractivity contribution in [2.45, 2.75) is 6.92 Å². The Hall–Kier alpha value is -1.35. The van der Waals surface area contributed by atoms with Gasteiger partial charge in [-0.25, -0.2) is 9.18 Å².